The Kier molecular flexibility index (Phi) is 13.8. The molecular formula is C34H48N2O6S2. The molecule has 4 atom stereocenters. The van der Waals surface area contributed by atoms with Crippen molar-refractivity contribution in [1.82, 2.24) is 10.6 Å². The highest BCUT2D eigenvalue weighted by Crippen LogP contribution is 2.40. The van der Waals surface area contributed by atoms with E-state index < -0.39 is 35.2 Å². The summed E-state index contributed by atoms with van der Waals surface area (Å²) in [4.78, 5) is 54.2. The Hall–Kier alpha value is -2.98. The highest BCUT2D eigenvalue weighted by molar-refractivity contribution is 8.76. The summed E-state index contributed by atoms with van der Waals surface area (Å²) in [6, 6.07) is 12.6. The van der Waals surface area contributed by atoms with E-state index in [1.165, 1.54) is 21.6 Å². The van der Waals surface area contributed by atoms with E-state index in [4.69, 9.17) is 9.47 Å². The fourth-order valence-corrected chi connectivity index (χ4v) is 6.41. The lowest BCUT2D eigenvalue weighted by Crippen LogP contribution is -2.48. The second-order valence-corrected chi connectivity index (χ2v) is 15.1. The van der Waals surface area contributed by atoms with Crippen LogP contribution in [0.1, 0.15) is 103 Å². The SMILES string of the molecule is CCC(C)C(NC(=O)c1ccccc1SSc1ccccc1C(=O)N[C@H](C(=O)OC(C)(C)C)[C@@H](C)CC)C(=O)OC(C)(C)C. The maximum atomic E-state index is 13.5. The summed E-state index contributed by atoms with van der Waals surface area (Å²) < 4.78 is 11.2. The fraction of sp³-hybridized carbons (Fsp3) is 0.529. The number of benzene rings is 2. The molecular weight excluding hydrogens is 597 g/mol. The first-order valence-electron chi connectivity index (χ1n) is 15.1. The number of nitrogens with one attached hydrogen (secondary N) is 2. The van der Waals surface area contributed by atoms with E-state index in [1.807, 2.05) is 52.0 Å². The zero-order valence-corrected chi connectivity index (χ0v) is 29.2. The van der Waals surface area contributed by atoms with Crippen LogP contribution in [0.5, 0.6) is 0 Å². The van der Waals surface area contributed by atoms with Gasteiger partial charge in [0.15, 0.2) is 0 Å². The predicted molar refractivity (Wildman–Crippen MR) is 178 cm³/mol. The highest BCUT2D eigenvalue weighted by Gasteiger charge is 2.33. The number of hydrogen-bond donors (Lipinski definition) is 2. The van der Waals surface area contributed by atoms with Gasteiger partial charge in [-0.3, -0.25) is 9.59 Å². The van der Waals surface area contributed by atoms with E-state index in [2.05, 4.69) is 10.6 Å². The van der Waals surface area contributed by atoms with Crippen LogP contribution < -0.4 is 10.6 Å². The fourth-order valence-electron chi connectivity index (χ4n) is 4.05. The standard InChI is InChI=1S/C34H48N2O6S2/c1-11-21(3)27(31(39)41-33(5,6)7)35-29(37)23-17-13-15-19-25(23)43-44-26-20-16-14-18-24(26)30(38)36-28(22(4)12-2)32(40)42-34(8,9)10/h13-22,27-28H,11-12H2,1-10H3,(H,35,37)(H,36,38)/t21-,22?,27-,28?/m0/s1. The third kappa shape index (κ3) is 11.5. The monoisotopic (exact) mass is 644 g/mol. The van der Waals surface area contributed by atoms with E-state index >= 15 is 0 Å². The van der Waals surface area contributed by atoms with Gasteiger partial charge in [0.1, 0.15) is 23.3 Å². The zero-order chi connectivity index (χ0) is 33.2. The van der Waals surface area contributed by atoms with Crippen LogP contribution in [-0.4, -0.2) is 47.0 Å². The summed E-state index contributed by atoms with van der Waals surface area (Å²) in [5, 5.41) is 5.79. The van der Waals surface area contributed by atoms with Gasteiger partial charge >= 0.3 is 11.9 Å². The number of carbonyl (C=O) groups is 4. The normalized spacial score (nSPS) is 14.5. The van der Waals surface area contributed by atoms with Crippen molar-refractivity contribution in [3.8, 4) is 0 Å². The molecule has 2 aromatic carbocycles. The van der Waals surface area contributed by atoms with Crippen molar-refractivity contribution in [3.63, 3.8) is 0 Å². The maximum Gasteiger partial charge on any atom is 0.329 e. The Morgan fingerprint density at radius 2 is 0.955 bits per heavy atom. The van der Waals surface area contributed by atoms with Crippen LogP contribution in [0.4, 0.5) is 0 Å². The van der Waals surface area contributed by atoms with Gasteiger partial charge < -0.3 is 20.1 Å². The van der Waals surface area contributed by atoms with Crippen molar-refractivity contribution in [3.05, 3.63) is 59.7 Å². The van der Waals surface area contributed by atoms with Crippen molar-refractivity contribution in [2.75, 3.05) is 0 Å². The molecule has 0 saturated heterocycles. The van der Waals surface area contributed by atoms with E-state index in [-0.39, 0.29) is 23.7 Å². The summed E-state index contributed by atoms with van der Waals surface area (Å²) in [7, 11) is 2.66. The minimum atomic E-state index is -0.801. The van der Waals surface area contributed by atoms with Crippen LogP contribution in [0.2, 0.25) is 0 Å². The summed E-state index contributed by atoms with van der Waals surface area (Å²) in [5.74, 6) is -1.97. The van der Waals surface area contributed by atoms with Gasteiger partial charge in [-0.05, 0) is 77.6 Å². The Labute approximate surface area is 270 Å². The molecule has 0 bridgehead atoms. The number of amides is 2. The molecule has 2 unspecified atom stereocenters. The van der Waals surface area contributed by atoms with Crippen LogP contribution >= 0.6 is 21.6 Å². The molecule has 0 spiro atoms. The van der Waals surface area contributed by atoms with Crippen molar-refractivity contribution in [1.29, 1.82) is 0 Å². The summed E-state index contributed by atoms with van der Waals surface area (Å²) in [6.45, 7) is 18.5. The van der Waals surface area contributed by atoms with E-state index in [0.717, 1.165) is 0 Å². The molecule has 10 heteroatoms. The lowest BCUT2D eigenvalue weighted by molar-refractivity contribution is -0.159. The molecule has 0 fully saturated rings. The number of hydrogen-bond acceptors (Lipinski definition) is 8. The molecule has 0 aromatic heterocycles. The Bertz CT molecular complexity index is 1200. The summed E-state index contributed by atoms with van der Waals surface area (Å²) in [6.07, 6.45) is 1.36. The molecule has 242 valence electrons. The van der Waals surface area contributed by atoms with Gasteiger partial charge in [0.05, 0.1) is 11.1 Å². The van der Waals surface area contributed by atoms with Gasteiger partial charge in [0.2, 0.25) is 0 Å². The summed E-state index contributed by atoms with van der Waals surface area (Å²) in [5.41, 5.74) is -0.547. The molecule has 0 radical (unpaired) electrons. The lowest BCUT2D eigenvalue weighted by Gasteiger charge is -2.28. The second kappa shape index (κ2) is 16.4. The number of ether oxygens (including phenoxy) is 2. The molecule has 44 heavy (non-hydrogen) atoms. The number of carbonyl (C=O) groups excluding carboxylic acids is 4. The molecule has 8 nitrogen and oxygen atoms in total. The molecule has 0 aliphatic heterocycles. The molecule has 0 aliphatic rings. The third-order valence-electron chi connectivity index (χ3n) is 6.81. The largest absolute Gasteiger partial charge is 0.458 e. The van der Waals surface area contributed by atoms with Crippen LogP contribution in [0.25, 0.3) is 0 Å². The van der Waals surface area contributed by atoms with E-state index in [1.54, 1.807) is 65.8 Å². The van der Waals surface area contributed by atoms with Crippen LogP contribution in [0.3, 0.4) is 0 Å². The topological polar surface area (TPSA) is 111 Å². The van der Waals surface area contributed by atoms with Crippen molar-refractivity contribution >= 4 is 45.3 Å². The highest BCUT2D eigenvalue weighted by atomic mass is 33.1. The average molecular weight is 645 g/mol. The number of esters is 2. The maximum absolute atomic E-state index is 13.5. The Morgan fingerprint density at radius 3 is 1.25 bits per heavy atom. The lowest BCUT2D eigenvalue weighted by atomic mass is 9.98. The molecule has 2 rings (SSSR count). The Morgan fingerprint density at radius 1 is 0.636 bits per heavy atom. The van der Waals surface area contributed by atoms with E-state index in [9.17, 15) is 19.2 Å². The van der Waals surface area contributed by atoms with Crippen molar-refractivity contribution in [2.24, 2.45) is 11.8 Å². The minimum absolute atomic E-state index is 0.131. The molecule has 2 N–H and O–H groups in total. The zero-order valence-electron chi connectivity index (χ0n) is 27.6. The smallest absolute Gasteiger partial charge is 0.329 e. The first-order chi connectivity index (χ1) is 20.5. The van der Waals surface area contributed by atoms with Crippen molar-refractivity contribution in [2.45, 2.75) is 115 Å². The molecule has 0 aliphatic carbocycles. The third-order valence-corrected chi connectivity index (χ3v) is 9.29. The Balaban J connectivity index is 2.26. The average Bonchev–Trinajstić information content (AvgIpc) is 2.94. The van der Waals surface area contributed by atoms with Gasteiger partial charge in [-0.25, -0.2) is 9.59 Å². The summed E-state index contributed by atoms with van der Waals surface area (Å²) >= 11 is 0. The molecule has 0 heterocycles. The molecule has 0 saturated carbocycles. The van der Waals surface area contributed by atoms with Gasteiger partial charge in [-0.15, -0.1) is 0 Å². The minimum Gasteiger partial charge on any atom is -0.458 e. The van der Waals surface area contributed by atoms with Crippen molar-refractivity contribution < 1.29 is 28.7 Å². The van der Waals surface area contributed by atoms with E-state index in [0.29, 0.717) is 33.8 Å². The first-order valence-corrected chi connectivity index (χ1v) is 17.2. The molecule has 2 amide bonds. The quantitative estimate of drug-likeness (QED) is 0.171. The molecule has 2 aromatic rings. The van der Waals surface area contributed by atoms with Crippen LogP contribution in [0, 0.1) is 11.8 Å². The number of rotatable bonds is 13. The predicted octanol–water partition coefficient (Wildman–Crippen LogP) is 7.46. The first kappa shape index (κ1) is 37.2. The van der Waals surface area contributed by atoms with Crippen LogP contribution in [0.15, 0.2) is 58.3 Å². The van der Waals surface area contributed by atoms with Crippen LogP contribution in [-0.2, 0) is 19.1 Å². The van der Waals surface area contributed by atoms with Gasteiger partial charge in [-0.2, -0.15) is 0 Å². The van der Waals surface area contributed by atoms with Gasteiger partial charge in [-0.1, -0.05) is 86.4 Å². The second-order valence-electron chi connectivity index (χ2n) is 12.9. The van der Waals surface area contributed by atoms with Gasteiger partial charge in [0, 0.05) is 9.79 Å². The van der Waals surface area contributed by atoms with Gasteiger partial charge in [0.25, 0.3) is 11.8 Å².